The summed E-state index contributed by atoms with van der Waals surface area (Å²) in [4.78, 5) is 16.8. The lowest BCUT2D eigenvalue weighted by atomic mass is 10.1. The first-order valence-electron chi connectivity index (χ1n) is 7.69. The molecule has 136 valence electrons. The third-order valence-corrected chi connectivity index (χ3v) is 4.80. The predicted molar refractivity (Wildman–Crippen MR) is 101 cm³/mol. The van der Waals surface area contributed by atoms with E-state index in [0.29, 0.717) is 9.52 Å². The van der Waals surface area contributed by atoms with Gasteiger partial charge in [0.2, 0.25) is 0 Å². The summed E-state index contributed by atoms with van der Waals surface area (Å²) in [6.07, 6.45) is 3.61. The second kappa shape index (κ2) is 8.71. The van der Waals surface area contributed by atoms with Crippen LogP contribution in [0.1, 0.15) is 25.3 Å². The minimum absolute atomic E-state index is 0.0582. The maximum absolute atomic E-state index is 14.7. The van der Waals surface area contributed by atoms with Gasteiger partial charge in [-0.05, 0) is 54.1 Å². The lowest BCUT2D eigenvalue weighted by Gasteiger charge is -2.14. The maximum atomic E-state index is 14.7. The largest absolute Gasteiger partial charge is 0.506 e. The van der Waals surface area contributed by atoms with Gasteiger partial charge in [-0.15, -0.1) is 11.8 Å². The number of nitrogens with zero attached hydrogens (tertiary/aromatic N) is 1. The molecule has 0 amide bonds. The van der Waals surface area contributed by atoms with E-state index in [-0.39, 0.29) is 29.5 Å². The molecule has 0 unspecified atom stereocenters. The molecule has 1 aliphatic carbocycles. The van der Waals surface area contributed by atoms with Gasteiger partial charge in [0.15, 0.2) is 11.6 Å². The molecule has 25 heavy (non-hydrogen) atoms. The zero-order valence-electron chi connectivity index (χ0n) is 14.1. The number of aliphatic hydroxyl groups is 1. The fourth-order valence-corrected chi connectivity index (χ4v) is 3.22. The second-order valence-corrected chi connectivity index (χ2v) is 6.91. The van der Waals surface area contributed by atoms with Gasteiger partial charge in [0, 0.05) is 0 Å². The molecular formula is C17H19BrFNO4S. The molecule has 2 rings (SSSR count). The highest BCUT2D eigenvalue weighted by Gasteiger charge is 2.29. The normalized spacial score (nSPS) is 15.6. The van der Waals surface area contributed by atoms with Crippen LogP contribution >= 0.6 is 27.7 Å². The van der Waals surface area contributed by atoms with Crippen LogP contribution in [-0.2, 0) is 9.53 Å². The van der Waals surface area contributed by atoms with E-state index in [9.17, 15) is 14.3 Å². The number of carbonyl (C=O) groups excluding carboxylic acids is 1. The van der Waals surface area contributed by atoms with Crippen molar-refractivity contribution < 1.29 is 23.8 Å². The fraction of sp³-hybridized carbons (Fsp3) is 0.412. The van der Waals surface area contributed by atoms with Gasteiger partial charge in [0.25, 0.3) is 0 Å². The van der Waals surface area contributed by atoms with E-state index in [1.165, 1.54) is 31.0 Å². The Morgan fingerprint density at radius 2 is 2.16 bits per heavy atom. The van der Waals surface area contributed by atoms with Gasteiger partial charge >= 0.3 is 5.97 Å². The molecule has 1 aliphatic rings. The van der Waals surface area contributed by atoms with E-state index >= 15 is 0 Å². The van der Waals surface area contributed by atoms with E-state index in [0.717, 1.165) is 12.8 Å². The number of methoxy groups -OCH3 is 1. The lowest BCUT2D eigenvalue weighted by Crippen LogP contribution is -2.17. The maximum Gasteiger partial charge on any atom is 0.344 e. The van der Waals surface area contributed by atoms with Crippen LogP contribution in [0, 0.1) is 5.82 Å². The molecule has 1 aromatic carbocycles. The Morgan fingerprint density at radius 3 is 2.68 bits per heavy atom. The molecule has 0 heterocycles. The number of carbonyl (C=O) groups is 1. The summed E-state index contributed by atoms with van der Waals surface area (Å²) in [7, 11) is 1.32. The van der Waals surface area contributed by atoms with E-state index in [1.807, 2.05) is 0 Å². The SMILES string of the molecule is CCOC(=O)C(/C(=N/C1CC1)SC)=C(\O)c1ccc(Br)c(OC)c1F. The highest BCUT2D eigenvalue weighted by atomic mass is 79.9. The average Bonchev–Trinajstić information content (AvgIpc) is 3.38. The summed E-state index contributed by atoms with van der Waals surface area (Å²) in [5, 5.41) is 11.0. The Labute approximate surface area is 158 Å². The number of hydrogen-bond donors (Lipinski definition) is 1. The molecule has 1 aromatic rings. The van der Waals surface area contributed by atoms with E-state index in [1.54, 1.807) is 13.2 Å². The van der Waals surface area contributed by atoms with Gasteiger partial charge in [-0.3, -0.25) is 4.99 Å². The number of aliphatic imine (C=N–C) groups is 1. The number of hydrogen-bond acceptors (Lipinski definition) is 6. The number of benzene rings is 1. The van der Waals surface area contributed by atoms with Crippen molar-refractivity contribution in [2.75, 3.05) is 20.0 Å². The zero-order chi connectivity index (χ0) is 18.6. The Bertz CT molecular complexity index is 732. The number of aliphatic hydroxyl groups excluding tert-OH is 1. The molecule has 5 nitrogen and oxygen atoms in total. The molecule has 0 spiro atoms. The average molecular weight is 432 g/mol. The standard InChI is InChI=1S/C17H19BrFNO4S/c1-4-24-17(22)12(16(25-3)20-9-5-6-9)14(21)10-7-8-11(18)15(23-2)13(10)19/h7-9,21H,4-6H2,1-3H3/b14-12-,20-16-. The monoisotopic (exact) mass is 431 g/mol. The van der Waals surface area contributed by atoms with Crippen LogP contribution in [0.3, 0.4) is 0 Å². The number of halogens is 2. The number of ether oxygens (including phenoxy) is 2. The van der Waals surface area contributed by atoms with Crippen molar-refractivity contribution in [3.63, 3.8) is 0 Å². The molecule has 1 saturated carbocycles. The zero-order valence-corrected chi connectivity index (χ0v) is 16.5. The molecular weight excluding hydrogens is 413 g/mol. The quantitative estimate of drug-likeness (QED) is 0.238. The third-order valence-electron chi connectivity index (χ3n) is 3.48. The summed E-state index contributed by atoms with van der Waals surface area (Å²) >= 11 is 4.39. The summed E-state index contributed by atoms with van der Waals surface area (Å²) in [6.45, 7) is 1.79. The molecule has 8 heteroatoms. The van der Waals surface area contributed by atoms with Crippen molar-refractivity contribution in [1.29, 1.82) is 0 Å². The topological polar surface area (TPSA) is 68.1 Å². The van der Waals surface area contributed by atoms with Gasteiger partial charge < -0.3 is 14.6 Å². The molecule has 0 radical (unpaired) electrons. The number of esters is 1. The van der Waals surface area contributed by atoms with Crippen molar-refractivity contribution >= 4 is 44.5 Å². The number of rotatable bonds is 6. The first-order chi connectivity index (χ1) is 11.9. The van der Waals surface area contributed by atoms with Gasteiger partial charge in [0.1, 0.15) is 16.4 Å². The van der Waals surface area contributed by atoms with Crippen LogP contribution in [-0.4, -0.2) is 42.1 Å². The Hall–Kier alpha value is -1.54. The van der Waals surface area contributed by atoms with Crippen molar-refractivity contribution in [3.8, 4) is 5.75 Å². The van der Waals surface area contributed by atoms with Crippen LogP contribution in [0.4, 0.5) is 4.39 Å². The summed E-state index contributed by atoms with van der Waals surface area (Å²) in [5.41, 5.74) is -0.287. The molecule has 1 fully saturated rings. The molecule has 0 atom stereocenters. The summed E-state index contributed by atoms with van der Waals surface area (Å²) in [6, 6.07) is 3.03. The van der Waals surface area contributed by atoms with Gasteiger partial charge in [-0.25, -0.2) is 9.18 Å². The van der Waals surface area contributed by atoms with Crippen molar-refractivity contribution in [2.24, 2.45) is 4.99 Å². The molecule has 0 bridgehead atoms. The second-order valence-electron chi connectivity index (χ2n) is 5.26. The third kappa shape index (κ3) is 4.55. The van der Waals surface area contributed by atoms with Crippen LogP contribution in [0.15, 0.2) is 27.2 Å². The van der Waals surface area contributed by atoms with Crippen molar-refractivity contribution in [1.82, 2.24) is 0 Å². The van der Waals surface area contributed by atoms with Crippen LogP contribution in [0.2, 0.25) is 0 Å². The van der Waals surface area contributed by atoms with Gasteiger partial charge in [0.05, 0.1) is 29.8 Å². The van der Waals surface area contributed by atoms with Crippen LogP contribution in [0.5, 0.6) is 5.75 Å². The molecule has 0 aromatic heterocycles. The molecule has 1 N–H and O–H groups in total. The Morgan fingerprint density at radius 1 is 1.48 bits per heavy atom. The predicted octanol–water partition coefficient (Wildman–Crippen LogP) is 4.35. The minimum atomic E-state index is -0.775. The van der Waals surface area contributed by atoms with Crippen molar-refractivity contribution in [2.45, 2.75) is 25.8 Å². The van der Waals surface area contributed by atoms with Gasteiger partial charge in [-0.1, -0.05) is 0 Å². The lowest BCUT2D eigenvalue weighted by molar-refractivity contribution is -0.137. The van der Waals surface area contributed by atoms with Crippen molar-refractivity contribution in [3.05, 3.63) is 33.6 Å². The van der Waals surface area contributed by atoms with E-state index < -0.39 is 17.5 Å². The first-order valence-corrected chi connectivity index (χ1v) is 9.71. The van der Waals surface area contributed by atoms with Crippen LogP contribution < -0.4 is 4.74 Å². The molecule has 0 aliphatic heterocycles. The van der Waals surface area contributed by atoms with Gasteiger partial charge in [-0.2, -0.15) is 0 Å². The minimum Gasteiger partial charge on any atom is -0.506 e. The van der Waals surface area contributed by atoms with E-state index in [4.69, 9.17) is 9.47 Å². The summed E-state index contributed by atoms with van der Waals surface area (Å²) in [5.74, 6) is -2.09. The first kappa shape index (κ1) is 19.8. The number of thioether (sulfide) groups is 1. The Balaban J connectivity index is 2.63. The smallest absolute Gasteiger partial charge is 0.344 e. The fourth-order valence-electron chi connectivity index (χ4n) is 2.11. The Kier molecular flexibility index (Phi) is 6.89. The highest BCUT2D eigenvalue weighted by Crippen LogP contribution is 2.35. The van der Waals surface area contributed by atoms with E-state index in [2.05, 4.69) is 20.9 Å². The molecule has 0 saturated heterocycles. The highest BCUT2D eigenvalue weighted by molar-refractivity contribution is 9.10. The summed E-state index contributed by atoms with van der Waals surface area (Å²) < 4.78 is 25.1. The van der Waals surface area contributed by atoms with Crippen LogP contribution in [0.25, 0.3) is 5.76 Å².